The van der Waals surface area contributed by atoms with Crippen LogP contribution < -0.4 is 32.3 Å². The first-order chi connectivity index (χ1) is 14.1. The molecule has 0 saturated carbocycles. The van der Waals surface area contributed by atoms with Gasteiger partial charge in [-0.05, 0) is 36.8 Å². The lowest BCUT2D eigenvalue weighted by molar-refractivity contribution is -0.684. The molecule has 0 aliphatic carbocycles. The monoisotopic (exact) mass is 425 g/mol. The van der Waals surface area contributed by atoms with E-state index in [1.54, 1.807) is 41.2 Å². The van der Waals surface area contributed by atoms with Crippen LogP contribution in [0.3, 0.4) is 0 Å². The molecule has 1 aromatic heterocycles. The largest absolute Gasteiger partial charge is 1.00 e. The summed E-state index contributed by atoms with van der Waals surface area (Å²) >= 11 is 0. The number of benzene rings is 2. The van der Waals surface area contributed by atoms with Crippen LogP contribution >= 0.6 is 0 Å². The smallest absolute Gasteiger partial charge is 0.290 e. The Bertz CT molecular complexity index is 946. The molecule has 3 rings (SSSR count). The van der Waals surface area contributed by atoms with Gasteiger partial charge in [0.05, 0.1) is 12.2 Å². The molecular formula is C23H24ClN3O3. The van der Waals surface area contributed by atoms with Gasteiger partial charge in [0, 0.05) is 24.4 Å². The number of carbonyl (C=O) groups excluding carboxylic acids is 2. The van der Waals surface area contributed by atoms with E-state index in [1.165, 1.54) is 0 Å². The van der Waals surface area contributed by atoms with Crippen molar-refractivity contribution in [3.05, 3.63) is 90.3 Å². The van der Waals surface area contributed by atoms with Crippen molar-refractivity contribution in [2.45, 2.75) is 20.0 Å². The summed E-state index contributed by atoms with van der Waals surface area (Å²) in [5.41, 5.74) is 2.29. The third kappa shape index (κ3) is 6.90. The highest BCUT2D eigenvalue weighted by molar-refractivity contribution is 5.93. The van der Waals surface area contributed by atoms with Gasteiger partial charge in [0.25, 0.3) is 11.8 Å². The Balaban J connectivity index is 0.00000320. The first kappa shape index (κ1) is 22.9. The van der Waals surface area contributed by atoms with E-state index in [0.717, 1.165) is 11.3 Å². The van der Waals surface area contributed by atoms with Gasteiger partial charge in [-0.3, -0.25) is 9.59 Å². The van der Waals surface area contributed by atoms with Crippen LogP contribution in [0.2, 0.25) is 0 Å². The summed E-state index contributed by atoms with van der Waals surface area (Å²) in [6, 6.07) is 20.4. The molecule has 2 N–H and O–H groups in total. The minimum Gasteiger partial charge on any atom is -1.00 e. The van der Waals surface area contributed by atoms with Crippen molar-refractivity contribution < 1.29 is 31.3 Å². The SMILES string of the molecule is CCOc1ccc(NC(=O)C[n+]2ccc(C(=O)NCc3ccccc3)cc2)cc1.[Cl-]. The molecule has 7 heteroatoms. The topological polar surface area (TPSA) is 71.3 Å². The standard InChI is InChI=1S/C23H23N3O3.ClH/c1-2-29-21-10-8-20(9-11-21)25-22(27)17-26-14-12-19(13-15-26)23(28)24-16-18-6-4-3-5-7-18;/h3-15H,2,16-17H2,1H3,(H-,24,25,27,28);1H. The average Bonchev–Trinajstić information content (AvgIpc) is 2.75. The summed E-state index contributed by atoms with van der Waals surface area (Å²) < 4.78 is 7.11. The third-order valence-corrected chi connectivity index (χ3v) is 4.22. The Morgan fingerprint density at radius 3 is 2.23 bits per heavy atom. The summed E-state index contributed by atoms with van der Waals surface area (Å²) in [5, 5.41) is 5.72. The molecule has 0 spiro atoms. The molecule has 30 heavy (non-hydrogen) atoms. The Kier molecular flexibility index (Phi) is 8.84. The van der Waals surface area contributed by atoms with Crippen molar-refractivity contribution in [3.8, 4) is 5.75 Å². The molecule has 0 fully saturated rings. The van der Waals surface area contributed by atoms with Crippen LogP contribution in [0.15, 0.2) is 79.1 Å². The molecule has 2 amide bonds. The fourth-order valence-corrected chi connectivity index (χ4v) is 2.76. The van der Waals surface area contributed by atoms with Gasteiger partial charge in [-0.25, -0.2) is 0 Å². The second kappa shape index (κ2) is 11.6. The lowest BCUT2D eigenvalue weighted by Gasteiger charge is -2.06. The van der Waals surface area contributed by atoms with E-state index in [-0.39, 0.29) is 30.8 Å². The van der Waals surface area contributed by atoms with Gasteiger partial charge in [-0.15, -0.1) is 0 Å². The van der Waals surface area contributed by atoms with Crippen molar-refractivity contribution >= 4 is 17.5 Å². The molecule has 6 nitrogen and oxygen atoms in total. The fraction of sp³-hybridized carbons (Fsp3) is 0.174. The number of aromatic nitrogens is 1. The lowest BCUT2D eigenvalue weighted by atomic mass is 10.2. The zero-order chi connectivity index (χ0) is 20.5. The minimum absolute atomic E-state index is 0. The van der Waals surface area contributed by atoms with Crippen molar-refractivity contribution in [1.29, 1.82) is 0 Å². The molecule has 156 valence electrons. The highest BCUT2D eigenvalue weighted by Gasteiger charge is 2.12. The van der Waals surface area contributed by atoms with Crippen molar-refractivity contribution in [2.75, 3.05) is 11.9 Å². The van der Waals surface area contributed by atoms with E-state index >= 15 is 0 Å². The highest BCUT2D eigenvalue weighted by Crippen LogP contribution is 2.15. The molecule has 0 aliphatic heterocycles. The summed E-state index contributed by atoms with van der Waals surface area (Å²) in [7, 11) is 0. The number of halogens is 1. The predicted octanol–water partition coefficient (Wildman–Crippen LogP) is -0.0545. The summed E-state index contributed by atoms with van der Waals surface area (Å²) in [6.45, 7) is 3.14. The maximum absolute atomic E-state index is 12.3. The number of nitrogens with zero attached hydrogens (tertiary/aromatic N) is 1. The van der Waals surface area contributed by atoms with E-state index < -0.39 is 0 Å². The van der Waals surface area contributed by atoms with Crippen molar-refractivity contribution in [1.82, 2.24) is 5.32 Å². The molecule has 0 radical (unpaired) electrons. The maximum atomic E-state index is 12.3. The van der Waals surface area contributed by atoms with E-state index in [4.69, 9.17) is 4.74 Å². The van der Waals surface area contributed by atoms with E-state index in [9.17, 15) is 9.59 Å². The summed E-state index contributed by atoms with van der Waals surface area (Å²) in [4.78, 5) is 24.5. The zero-order valence-corrected chi connectivity index (χ0v) is 17.4. The van der Waals surface area contributed by atoms with Gasteiger partial charge in [0.1, 0.15) is 5.75 Å². The summed E-state index contributed by atoms with van der Waals surface area (Å²) in [5.74, 6) is 0.460. The summed E-state index contributed by atoms with van der Waals surface area (Å²) in [6.07, 6.45) is 3.43. The quantitative estimate of drug-likeness (QED) is 0.497. The number of carbonyl (C=O) groups is 2. The van der Waals surface area contributed by atoms with Crippen LogP contribution in [0.25, 0.3) is 0 Å². The molecule has 0 saturated heterocycles. The highest BCUT2D eigenvalue weighted by atomic mass is 35.5. The van der Waals surface area contributed by atoms with Crippen LogP contribution in [-0.2, 0) is 17.9 Å². The van der Waals surface area contributed by atoms with Gasteiger partial charge in [-0.2, -0.15) is 4.57 Å². The van der Waals surface area contributed by atoms with Crippen LogP contribution in [0.1, 0.15) is 22.8 Å². The molecule has 3 aromatic rings. The Labute approximate surface area is 182 Å². The van der Waals surface area contributed by atoms with Crippen LogP contribution in [0.4, 0.5) is 5.69 Å². The second-order valence-corrected chi connectivity index (χ2v) is 6.43. The van der Waals surface area contributed by atoms with E-state index in [1.807, 2.05) is 49.4 Å². The Morgan fingerprint density at radius 1 is 0.933 bits per heavy atom. The normalized spacial score (nSPS) is 9.90. The number of pyridine rings is 1. The maximum Gasteiger partial charge on any atom is 0.290 e. The number of ether oxygens (including phenoxy) is 1. The Morgan fingerprint density at radius 2 is 1.60 bits per heavy atom. The van der Waals surface area contributed by atoms with E-state index in [2.05, 4.69) is 10.6 Å². The second-order valence-electron chi connectivity index (χ2n) is 6.43. The molecule has 1 heterocycles. The van der Waals surface area contributed by atoms with Gasteiger partial charge < -0.3 is 27.8 Å². The molecule has 0 bridgehead atoms. The molecular weight excluding hydrogens is 402 g/mol. The van der Waals surface area contributed by atoms with Gasteiger partial charge in [-0.1, -0.05) is 30.3 Å². The number of hydrogen-bond acceptors (Lipinski definition) is 3. The van der Waals surface area contributed by atoms with Crippen LogP contribution in [0.5, 0.6) is 5.75 Å². The average molecular weight is 426 g/mol. The first-order valence-electron chi connectivity index (χ1n) is 9.48. The Hall–Kier alpha value is -3.38. The van der Waals surface area contributed by atoms with Gasteiger partial charge in [0.15, 0.2) is 12.4 Å². The van der Waals surface area contributed by atoms with Crippen LogP contribution in [0, 0.1) is 0 Å². The molecule has 2 aromatic carbocycles. The van der Waals surface area contributed by atoms with Crippen molar-refractivity contribution in [3.63, 3.8) is 0 Å². The zero-order valence-electron chi connectivity index (χ0n) is 16.7. The fourth-order valence-electron chi connectivity index (χ4n) is 2.76. The van der Waals surface area contributed by atoms with Gasteiger partial charge >= 0.3 is 0 Å². The molecule has 0 atom stereocenters. The van der Waals surface area contributed by atoms with Crippen molar-refractivity contribution in [2.24, 2.45) is 0 Å². The first-order valence-corrected chi connectivity index (χ1v) is 9.48. The number of rotatable bonds is 8. The number of nitrogens with one attached hydrogen (secondary N) is 2. The lowest BCUT2D eigenvalue weighted by Crippen LogP contribution is -3.00. The minimum atomic E-state index is -0.153. The van der Waals surface area contributed by atoms with E-state index in [0.29, 0.717) is 24.4 Å². The van der Waals surface area contributed by atoms with Crippen LogP contribution in [-0.4, -0.2) is 18.4 Å². The molecule has 0 unspecified atom stereocenters. The predicted molar refractivity (Wildman–Crippen MR) is 110 cm³/mol. The number of anilines is 1. The van der Waals surface area contributed by atoms with Gasteiger partial charge in [0.2, 0.25) is 6.54 Å². The molecule has 0 aliphatic rings. The number of hydrogen-bond donors (Lipinski definition) is 2. The third-order valence-electron chi connectivity index (χ3n) is 4.22. The number of amides is 2.